The molecule has 0 saturated heterocycles. The largest absolute Gasteiger partial charge is 0.497 e. The van der Waals surface area contributed by atoms with Crippen molar-refractivity contribution in [3.63, 3.8) is 0 Å². The molecule has 0 aromatic heterocycles. The van der Waals surface area contributed by atoms with Gasteiger partial charge in [-0.05, 0) is 29.4 Å². The molecule has 1 rings (SSSR count). The number of benzene rings is 1. The first kappa shape index (κ1) is 11.6. The van der Waals surface area contributed by atoms with Gasteiger partial charge in [0.2, 0.25) is 0 Å². The fraction of sp³-hybridized carbons (Fsp3) is 0.455. The summed E-state index contributed by atoms with van der Waals surface area (Å²) in [5.41, 5.74) is 0. The highest BCUT2D eigenvalue weighted by Crippen LogP contribution is 2.21. The normalized spacial score (nSPS) is 11.4. The Kier molecular flexibility index (Phi) is 4.02. The molecule has 0 aliphatic rings. The van der Waals surface area contributed by atoms with Gasteiger partial charge in [0.25, 0.3) is 0 Å². The van der Waals surface area contributed by atoms with Crippen LogP contribution in [0, 0.1) is 0 Å². The summed E-state index contributed by atoms with van der Waals surface area (Å²) in [6, 6.07) is 10.3. The zero-order chi connectivity index (χ0) is 10.6. The van der Waals surface area contributed by atoms with Crippen molar-refractivity contribution in [3.8, 4) is 5.75 Å². The molecule has 1 aromatic carbocycles. The van der Waals surface area contributed by atoms with Crippen molar-refractivity contribution in [2.45, 2.75) is 25.9 Å². The van der Waals surface area contributed by atoms with Crippen LogP contribution in [0.15, 0.2) is 24.3 Å². The van der Waals surface area contributed by atoms with Gasteiger partial charge in [-0.15, -0.1) is 0 Å². The second-order valence-corrected chi connectivity index (χ2v) is 9.49. The Labute approximate surface area is 91.8 Å². The Balaban J connectivity index is 2.95. The molecule has 0 aliphatic heterocycles. The van der Waals surface area contributed by atoms with Gasteiger partial charge in [-0.2, -0.15) is 11.1 Å². The second-order valence-electron chi connectivity index (χ2n) is 3.40. The SMILES string of the molecule is CC[Si](Cl)(CC)c1ccc(OC)cc1. The van der Waals surface area contributed by atoms with Gasteiger partial charge in [-0.3, -0.25) is 0 Å². The van der Waals surface area contributed by atoms with Crippen molar-refractivity contribution in [1.29, 1.82) is 0 Å². The summed E-state index contributed by atoms with van der Waals surface area (Å²) in [6.45, 7) is 4.35. The summed E-state index contributed by atoms with van der Waals surface area (Å²) < 4.78 is 5.12. The molecule has 0 saturated carbocycles. The Morgan fingerprint density at radius 2 is 1.64 bits per heavy atom. The number of rotatable bonds is 4. The lowest BCUT2D eigenvalue weighted by Gasteiger charge is -2.21. The van der Waals surface area contributed by atoms with Crippen LogP contribution < -0.4 is 9.92 Å². The molecule has 0 fully saturated rings. The summed E-state index contributed by atoms with van der Waals surface area (Å²) in [6.07, 6.45) is 0. The van der Waals surface area contributed by atoms with E-state index in [9.17, 15) is 0 Å². The third-order valence-corrected chi connectivity index (χ3v) is 8.60. The minimum absolute atomic E-state index is 0.897. The van der Waals surface area contributed by atoms with Crippen molar-refractivity contribution in [2.75, 3.05) is 7.11 Å². The van der Waals surface area contributed by atoms with Gasteiger partial charge in [0.1, 0.15) is 5.75 Å². The molecule has 0 bridgehead atoms. The average molecular weight is 229 g/mol. The summed E-state index contributed by atoms with van der Waals surface area (Å²) in [4.78, 5) is 0. The van der Waals surface area contributed by atoms with Gasteiger partial charge in [0, 0.05) is 0 Å². The van der Waals surface area contributed by atoms with E-state index in [0.29, 0.717) is 0 Å². The molecule has 0 aliphatic carbocycles. The van der Waals surface area contributed by atoms with E-state index < -0.39 is 7.38 Å². The van der Waals surface area contributed by atoms with Crippen LogP contribution in [-0.2, 0) is 0 Å². The van der Waals surface area contributed by atoms with Gasteiger partial charge < -0.3 is 4.74 Å². The maximum Gasteiger partial charge on any atom is 0.186 e. The molecule has 0 radical (unpaired) electrons. The molecule has 0 atom stereocenters. The molecule has 14 heavy (non-hydrogen) atoms. The van der Waals surface area contributed by atoms with Crippen molar-refractivity contribution < 1.29 is 4.74 Å². The van der Waals surface area contributed by atoms with Crippen molar-refractivity contribution in [1.82, 2.24) is 0 Å². The number of hydrogen-bond donors (Lipinski definition) is 0. The van der Waals surface area contributed by atoms with Crippen LogP contribution in [0.1, 0.15) is 13.8 Å². The molecule has 3 heteroatoms. The number of hydrogen-bond acceptors (Lipinski definition) is 1. The summed E-state index contributed by atoms with van der Waals surface area (Å²) in [7, 11) is -0.0119. The molecule has 78 valence electrons. The molecule has 1 aromatic rings. The minimum Gasteiger partial charge on any atom is -0.497 e. The van der Waals surface area contributed by atoms with Crippen molar-refractivity contribution in [3.05, 3.63) is 24.3 Å². The van der Waals surface area contributed by atoms with Gasteiger partial charge in [0.05, 0.1) is 7.11 Å². The summed E-state index contributed by atoms with van der Waals surface area (Å²) in [5.74, 6) is 0.897. The predicted octanol–water partition coefficient (Wildman–Crippen LogP) is 3.13. The Morgan fingerprint density at radius 1 is 1.14 bits per heavy atom. The quantitative estimate of drug-likeness (QED) is 0.569. The Bertz CT molecular complexity index is 280. The summed E-state index contributed by atoms with van der Waals surface area (Å²) >= 11 is 6.63. The highest BCUT2D eigenvalue weighted by Gasteiger charge is 2.28. The average Bonchev–Trinajstić information content (AvgIpc) is 2.28. The number of ether oxygens (including phenoxy) is 1. The van der Waals surface area contributed by atoms with Crippen molar-refractivity contribution >= 4 is 23.6 Å². The first-order chi connectivity index (χ1) is 6.66. The fourth-order valence-electron chi connectivity index (χ4n) is 1.55. The first-order valence-electron chi connectivity index (χ1n) is 4.99. The van der Waals surface area contributed by atoms with Crippen LogP contribution in [-0.4, -0.2) is 14.5 Å². The number of methoxy groups -OCH3 is 1. The van der Waals surface area contributed by atoms with E-state index >= 15 is 0 Å². The molecular formula is C11H17ClOSi. The predicted molar refractivity (Wildman–Crippen MR) is 65.2 cm³/mol. The lowest BCUT2D eigenvalue weighted by molar-refractivity contribution is 0.415. The third kappa shape index (κ3) is 2.31. The Morgan fingerprint density at radius 3 is 2.00 bits per heavy atom. The van der Waals surface area contributed by atoms with Crippen molar-refractivity contribution in [2.24, 2.45) is 0 Å². The van der Waals surface area contributed by atoms with Crippen LogP contribution in [0.4, 0.5) is 0 Å². The van der Waals surface area contributed by atoms with Crippen LogP contribution in [0.2, 0.25) is 12.1 Å². The zero-order valence-corrected chi connectivity index (χ0v) is 10.8. The van der Waals surface area contributed by atoms with E-state index in [1.807, 2.05) is 12.1 Å². The summed E-state index contributed by atoms with van der Waals surface area (Å²) in [5, 5.41) is 1.31. The van der Waals surface area contributed by atoms with E-state index in [2.05, 4.69) is 26.0 Å². The van der Waals surface area contributed by atoms with Gasteiger partial charge in [-0.25, -0.2) is 0 Å². The maximum absolute atomic E-state index is 6.63. The van der Waals surface area contributed by atoms with Gasteiger partial charge in [-0.1, -0.05) is 26.0 Å². The topological polar surface area (TPSA) is 9.23 Å². The van der Waals surface area contributed by atoms with Gasteiger partial charge >= 0.3 is 0 Å². The minimum atomic E-state index is -1.69. The molecule has 0 heterocycles. The monoisotopic (exact) mass is 228 g/mol. The van der Waals surface area contributed by atoms with E-state index in [4.69, 9.17) is 15.8 Å². The van der Waals surface area contributed by atoms with Crippen LogP contribution in [0.3, 0.4) is 0 Å². The lowest BCUT2D eigenvalue weighted by Crippen LogP contribution is -2.40. The fourth-order valence-corrected chi connectivity index (χ4v) is 4.01. The van der Waals surface area contributed by atoms with E-state index in [-0.39, 0.29) is 0 Å². The third-order valence-electron chi connectivity index (χ3n) is 2.73. The molecule has 0 spiro atoms. The first-order valence-corrected chi connectivity index (χ1v) is 8.42. The highest BCUT2D eigenvalue weighted by molar-refractivity contribution is 7.27. The maximum atomic E-state index is 6.63. The smallest absolute Gasteiger partial charge is 0.186 e. The molecule has 1 nitrogen and oxygen atoms in total. The molecule has 0 amide bonds. The van der Waals surface area contributed by atoms with E-state index in [1.165, 1.54) is 5.19 Å². The molecular weight excluding hydrogens is 212 g/mol. The number of halogens is 1. The molecule has 0 N–H and O–H groups in total. The zero-order valence-electron chi connectivity index (χ0n) is 9.01. The Hall–Kier alpha value is -0.473. The van der Waals surface area contributed by atoms with Gasteiger partial charge in [0.15, 0.2) is 7.38 Å². The van der Waals surface area contributed by atoms with Crippen LogP contribution in [0.25, 0.3) is 0 Å². The standard InChI is InChI=1S/C11H17ClOSi/c1-4-14(12,5-2)11-8-6-10(13-3)7-9-11/h6-9H,4-5H2,1-3H3. The van der Waals surface area contributed by atoms with Crippen LogP contribution in [0.5, 0.6) is 5.75 Å². The van der Waals surface area contributed by atoms with Crippen LogP contribution >= 0.6 is 11.1 Å². The second kappa shape index (κ2) is 4.85. The highest BCUT2D eigenvalue weighted by atomic mass is 35.6. The van der Waals surface area contributed by atoms with E-state index in [0.717, 1.165) is 17.8 Å². The molecule has 0 unspecified atom stereocenters. The van der Waals surface area contributed by atoms with E-state index in [1.54, 1.807) is 7.11 Å². The lowest BCUT2D eigenvalue weighted by atomic mass is 10.3.